The van der Waals surface area contributed by atoms with Crippen LogP contribution >= 0.6 is 11.6 Å². The lowest BCUT2D eigenvalue weighted by Gasteiger charge is -2.11. The smallest absolute Gasteiger partial charge is 0.433 e. The maximum absolute atomic E-state index is 13.1. The molecule has 0 bridgehead atoms. The molecular formula is C25H16ClF3N4O2. The summed E-state index contributed by atoms with van der Waals surface area (Å²) in [7, 11) is 0. The van der Waals surface area contributed by atoms with E-state index >= 15 is 0 Å². The van der Waals surface area contributed by atoms with Crippen molar-refractivity contribution in [1.29, 1.82) is 0 Å². The zero-order valence-corrected chi connectivity index (χ0v) is 18.6. The lowest BCUT2D eigenvalue weighted by Crippen LogP contribution is -2.21. The molecule has 6 nitrogen and oxygen atoms in total. The van der Waals surface area contributed by atoms with Crippen LogP contribution < -0.4 is 5.69 Å². The van der Waals surface area contributed by atoms with Gasteiger partial charge in [0.25, 0.3) is 0 Å². The lowest BCUT2D eigenvalue weighted by atomic mass is 9.96. The fourth-order valence-electron chi connectivity index (χ4n) is 3.82. The van der Waals surface area contributed by atoms with Crippen molar-refractivity contribution in [3.05, 3.63) is 106 Å². The van der Waals surface area contributed by atoms with Crippen molar-refractivity contribution in [2.45, 2.75) is 12.7 Å². The molecule has 176 valence electrons. The maximum atomic E-state index is 13.1. The van der Waals surface area contributed by atoms with Crippen LogP contribution in [-0.4, -0.2) is 24.3 Å². The van der Waals surface area contributed by atoms with Gasteiger partial charge in [-0.05, 0) is 58.7 Å². The van der Waals surface area contributed by atoms with Gasteiger partial charge in [0, 0.05) is 23.0 Å². The lowest BCUT2D eigenvalue weighted by molar-refractivity contribution is -0.141. The number of hydrogen-bond donors (Lipinski definition) is 1. The number of nitrogens with zero attached hydrogens (tertiary/aromatic N) is 4. The number of aromatic nitrogens is 4. The predicted molar refractivity (Wildman–Crippen MR) is 125 cm³/mol. The van der Waals surface area contributed by atoms with Crippen molar-refractivity contribution in [2.75, 3.05) is 0 Å². The van der Waals surface area contributed by atoms with Gasteiger partial charge < -0.3 is 5.11 Å². The Bertz CT molecular complexity index is 1570. The summed E-state index contributed by atoms with van der Waals surface area (Å²) in [4.78, 5) is 16.5. The second-order valence-electron chi connectivity index (χ2n) is 7.84. The fraction of sp³-hybridized carbons (Fsp3) is 0.0800. The Morgan fingerprint density at radius 3 is 2.23 bits per heavy atom. The number of aromatic hydroxyl groups is 1. The van der Waals surface area contributed by atoms with Gasteiger partial charge in [0.1, 0.15) is 11.4 Å². The molecule has 0 aliphatic rings. The summed E-state index contributed by atoms with van der Waals surface area (Å²) in [5, 5.41) is 14.8. The number of phenols is 1. The average Bonchev–Trinajstić information content (AvgIpc) is 3.14. The molecule has 3 heterocycles. The van der Waals surface area contributed by atoms with Crippen molar-refractivity contribution >= 4 is 17.2 Å². The van der Waals surface area contributed by atoms with Gasteiger partial charge in [-0.3, -0.25) is 4.98 Å². The van der Waals surface area contributed by atoms with Crippen molar-refractivity contribution in [2.24, 2.45) is 0 Å². The summed E-state index contributed by atoms with van der Waals surface area (Å²) in [6.45, 7) is -0.0586. The largest absolute Gasteiger partial charge is 0.508 e. The molecule has 10 heteroatoms. The summed E-state index contributed by atoms with van der Waals surface area (Å²) in [6.07, 6.45) is -1.87. The van der Waals surface area contributed by atoms with E-state index in [-0.39, 0.29) is 12.3 Å². The van der Waals surface area contributed by atoms with Crippen LogP contribution in [0, 0.1) is 0 Å². The third-order valence-corrected chi connectivity index (χ3v) is 5.76. The zero-order chi connectivity index (χ0) is 24.7. The van der Waals surface area contributed by atoms with Gasteiger partial charge in [0.2, 0.25) is 0 Å². The van der Waals surface area contributed by atoms with Crippen molar-refractivity contribution in [1.82, 2.24) is 19.2 Å². The number of benzene rings is 2. The number of hydrogen-bond acceptors (Lipinski definition) is 4. The highest BCUT2D eigenvalue weighted by Gasteiger charge is 2.32. The van der Waals surface area contributed by atoms with E-state index < -0.39 is 17.6 Å². The van der Waals surface area contributed by atoms with Crippen LogP contribution in [0.25, 0.3) is 27.9 Å². The molecule has 2 aromatic carbocycles. The zero-order valence-electron chi connectivity index (χ0n) is 17.9. The second-order valence-corrected chi connectivity index (χ2v) is 8.28. The van der Waals surface area contributed by atoms with Crippen molar-refractivity contribution in [3.8, 4) is 28.0 Å². The predicted octanol–water partition coefficient (Wildman–Crippen LogP) is 5.65. The number of rotatable bonds is 4. The van der Waals surface area contributed by atoms with Gasteiger partial charge in [-0.15, -0.1) is 5.10 Å². The third kappa shape index (κ3) is 4.38. The van der Waals surface area contributed by atoms with E-state index in [9.17, 15) is 23.1 Å². The molecule has 0 unspecified atom stereocenters. The van der Waals surface area contributed by atoms with Gasteiger partial charge in [0.15, 0.2) is 5.65 Å². The first kappa shape index (κ1) is 22.7. The van der Waals surface area contributed by atoms with Crippen molar-refractivity contribution < 1.29 is 18.3 Å². The Kier molecular flexibility index (Phi) is 5.56. The Balaban J connectivity index is 1.66. The van der Waals surface area contributed by atoms with Crippen LogP contribution in [0.1, 0.15) is 11.3 Å². The fourth-order valence-corrected chi connectivity index (χ4v) is 3.95. The number of halogens is 4. The summed E-state index contributed by atoms with van der Waals surface area (Å²) < 4.78 is 41.0. The highest BCUT2D eigenvalue weighted by Crippen LogP contribution is 2.35. The highest BCUT2D eigenvalue weighted by molar-refractivity contribution is 6.30. The van der Waals surface area contributed by atoms with Crippen LogP contribution in [-0.2, 0) is 12.7 Å². The molecule has 0 aliphatic heterocycles. The van der Waals surface area contributed by atoms with Gasteiger partial charge in [-0.1, -0.05) is 41.9 Å². The van der Waals surface area contributed by atoms with E-state index in [4.69, 9.17) is 11.6 Å². The number of pyridine rings is 2. The van der Waals surface area contributed by atoms with Crippen LogP contribution in [0.3, 0.4) is 0 Å². The first-order chi connectivity index (χ1) is 16.7. The monoisotopic (exact) mass is 496 g/mol. The molecular weight excluding hydrogens is 481 g/mol. The van der Waals surface area contributed by atoms with Gasteiger partial charge in [-0.2, -0.15) is 13.2 Å². The first-order valence-electron chi connectivity index (χ1n) is 10.4. The summed E-state index contributed by atoms with van der Waals surface area (Å²) in [5.74, 6) is 0.0893. The molecule has 0 radical (unpaired) electrons. The minimum atomic E-state index is -4.55. The van der Waals surface area contributed by atoms with Gasteiger partial charge in [0.05, 0.1) is 6.54 Å². The molecule has 0 saturated heterocycles. The molecule has 0 amide bonds. The van der Waals surface area contributed by atoms with E-state index in [0.717, 1.165) is 23.4 Å². The molecule has 0 aliphatic carbocycles. The SMILES string of the molecule is O=c1n(Cc2ccc(C(F)(F)F)nc2)nc2c(-c3ccc(O)cc3)c(-c3ccc(Cl)cc3)ccn12. The van der Waals surface area contributed by atoms with E-state index in [1.807, 2.05) is 12.1 Å². The number of fused-ring (bicyclic) bond motifs is 1. The van der Waals surface area contributed by atoms with Crippen molar-refractivity contribution in [3.63, 3.8) is 0 Å². The molecule has 1 N–H and O–H groups in total. The van der Waals surface area contributed by atoms with Crippen LogP contribution in [0.15, 0.2) is 83.9 Å². The standard InChI is InChI=1S/C25H16ClF3N4O2/c26-18-6-2-16(3-7-18)20-11-12-32-23(22(20)17-4-8-19(34)9-5-17)31-33(24(32)35)14-15-1-10-21(30-13-15)25(27,28)29/h1-13,34H,14H2. The normalized spacial score (nSPS) is 11.8. The van der Waals surface area contributed by atoms with E-state index in [2.05, 4.69) is 10.1 Å². The van der Waals surface area contributed by atoms with Crippen LogP contribution in [0.5, 0.6) is 5.75 Å². The molecule has 0 saturated carbocycles. The van der Waals surface area contributed by atoms with Crippen LogP contribution in [0.2, 0.25) is 5.02 Å². The molecule has 35 heavy (non-hydrogen) atoms. The second kappa shape index (κ2) is 8.59. The Hall–Kier alpha value is -4.11. The number of phenolic OH excluding ortho intramolecular Hbond substituents is 1. The first-order valence-corrected chi connectivity index (χ1v) is 10.8. The molecule has 0 fully saturated rings. The van der Waals surface area contributed by atoms with E-state index in [1.165, 1.54) is 27.3 Å². The number of alkyl halides is 3. The van der Waals surface area contributed by atoms with Gasteiger partial charge in [-0.25, -0.2) is 13.9 Å². The quantitative estimate of drug-likeness (QED) is 0.349. The third-order valence-electron chi connectivity index (χ3n) is 5.51. The Labute approximate surface area is 201 Å². The summed E-state index contributed by atoms with van der Waals surface area (Å²) >= 11 is 6.05. The molecule has 3 aromatic heterocycles. The minimum absolute atomic E-state index is 0.0586. The molecule has 5 rings (SSSR count). The molecule has 0 atom stereocenters. The maximum Gasteiger partial charge on any atom is 0.433 e. The van der Waals surface area contributed by atoms with Crippen LogP contribution in [0.4, 0.5) is 13.2 Å². The topological polar surface area (TPSA) is 72.4 Å². The van der Waals surface area contributed by atoms with E-state index in [1.54, 1.807) is 36.5 Å². The highest BCUT2D eigenvalue weighted by atomic mass is 35.5. The molecule has 5 aromatic rings. The molecule has 0 spiro atoms. The minimum Gasteiger partial charge on any atom is -0.508 e. The van der Waals surface area contributed by atoms with E-state index in [0.29, 0.717) is 27.4 Å². The Morgan fingerprint density at radius 1 is 0.914 bits per heavy atom. The average molecular weight is 497 g/mol. The summed E-state index contributed by atoms with van der Waals surface area (Å²) in [5.41, 5.74) is 2.28. The summed E-state index contributed by atoms with van der Waals surface area (Å²) in [6, 6.07) is 17.6. The van der Waals surface area contributed by atoms with Gasteiger partial charge >= 0.3 is 11.9 Å². The Morgan fingerprint density at radius 2 is 1.60 bits per heavy atom.